The number of imide groups is 1. The zero-order chi connectivity index (χ0) is 23.8. The number of carbonyl (C=O) groups is 3. The molecular weight excluding hydrogens is 454 g/mol. The van der Waals surface area contributed by atoms with Gasteiger partial charge in [0.2, 0.25) is 5.91 Å². The SMILES string of the molecule is COc1ccc(-c2csc(NC(=O)CN3C(=O)NC(C)(c4ccc(F)cc4)C3=O)n2)cc1F. The maximum Gasteiger partial charge on any atom is 0.325 e. The molecule has 33 heavy (non-hydrogen) atoms. The Labute approximate surface area is 191 Å². The lowest BCUT2D eigenvalue weighted by atomic mass is 9.92. The first kappa shape index (κ1) is 22.3. The lowest BCUT2D eigenvalue weighted by Crippen LogP contribution is -2.42. The van der Waals surface area contributed by atoms with E-state index in [0.717, 1.165) is 16.2 Å². The molecule has 11 heteroatoms. The zero-order valence-corrected chi connectivity index (χ0v) is 18.3. The van der Waals surface area contributed by atoms with Gasteiger partial charge in [-0.05, 0) is 42.8 Å². The number of ether oxygens (including phenoxy) is 1. The van der Waals surface area contributed by atoms with Crippen molar-refractivity contribution in [3.05, 3.63) is 65.0 Å². The average molecular weight is 472 g/mol. The van der Waals surface area contributed by atoms with Crippen LogP contribution in [0.25, 0.3) is 11.3 Å². The van der Waals surface area contributed by atoms with E-state index in [4.69, 9.17) is 4.74 Å². The Bertz CT molecular complexity index is 1250. The summed E-state index contributed by atoms with van der Waals surface area (Å²) in [6.07, 6.45) is 0. The Hall–Kier alpha value is -3.86. The van der Waals surface area contributed by atoms with Crippen LogP contribution in [0.2, 0.25) is 0 Å². The maximum absolute atomic E-state index is 13.9. The minimum atomic E-state index is -1.42. The molecule has 1 unspecified atom stereocenters. The normalized spacial score (nSPS) is 17.8. The molecule has 1 aliphatic heterocycles. The fourth-order valence-electron chi connectivity index (χ4n) is 3.41. The Morgan fingerprint density at radius 1 is 1.21 bits per heavy atom. The number of carbonyl (C=O) groups excluding carboxylic acids is 3. The third-order valence-corrected chi connectivity index (χ3v) is 5.95. The molecule has 2 N–H and O–H groups in total. The molecule has 1 aromatic heterocycles. The van der Waals surface area contributed by atoms with Crippen molar-refractivity contribution in [1.29, 1.82) is 0 Å². The maximum atomic E-state index is 13.9. The van der Waals surface area contributed by atoms with Gasteiger partial charge in [-0.25, -0.2) is 18.6 Å². The smallest absolute Gasteiger partial charge is 0.325 e. The van der Waals surface area contributed by atoms with Crippen LogP contribution in [0.15, 0.2) is 47.8 Å². The highest BCUT2D eigenvalue weighted by molar-refractivity contribution is 7.14. The van der Waals surface area contributed by atoms with Gasteiger partial charge in [0.15, 0.2) is 16.7 Å². The predicted molar refractivity (Wildman–Crippen MR) is 117 cm³/mol. The van der Waals surface area contributed by atoms with Crippen LogP contribution in [0.3, 0.4) is 0 Å². The molecule has 1 fully saturated rings. The van der Waals surface area contributed by atoms with Gasteiger partial charge in [0.1, 0.15) is 17.9 Å². The van der Waals surface area contributed by atoms with E-state index in [1.165, 1.54) is 50.4 Å². The molecule has 2 aromatic carbocycles. The van der Waals surface area contributed by atoms with E-state index in [1.807, 2.05) is 0 Å². The van der Waals surface area contributed by atoms with Crippen LogP contribution in [0.1, 0.15) is 12.5 Å². The van der Waals surface area contributed by atoms with Crippen molar-refractivity contribution in [2.75, 3.05) is 19.0 Å². The molecule has 4 amide bonds. The van der Waals surface area contributed by atoms with Gasteiger partial charge in [0.25, 0.3) is 5.91 Å². The Morgan fingerprint density at radius 2 is 1.94 bits per heavy atom. The molecule has 2 heterocycles. The second-order valence-corrected chi connectivity index (χ2v) is 8.25. The Balaban J connectivity index is 1.44. The van der Waals surface area contributed by atoms with Gasteiger partial charge in [0, 0.05) is 10.9 Å². The molecule has 8 nitrogen and oxygen atoms in total. The molecule has 1 aliphatic rings. The van der Waals surface area contributed by atoms with E-state index in [9.17, 15) is 23.2 Å². The molecule has 1 saturated heterocycles. The van der Waals surface area contributed by atoms with Crippen molar-refractivity contribution in [3.8, 4) is 17.0 Å². The molecular formula is C22H18F2N4O4S. The molecule has 1 atom stereocenters. The number of nitrogens with zero attached hydrogens (tertiary/aromatic N) is 2. The zero-order valence-electron chi connectivity index (χ0n) is 17.5. The van der Waals surface area contributed by atoms with Gasteiger partial charge >= 0.3 is 6.03 Å². The minimum Gasteiger partial charge on any atom is -0.494 e. The first-order chi connectivity index (χ1) is 15.7. The number of aromatic nitrogens is 1. The number of rotatable bonds is 6. The number of anilines is 1. The van der Waals surface area contributed by atoms with E-state index in [-0.39, 0.29) is 10.9 Å². The standard InChI is InChI=1S/C22H18F2N4O4S/c1-22(13-4-6-14(23)7-5-13)19(30)28(21(31)27-22)10-18(29)26-20-25-16(11-33-20)12-3-8-17(32-2)15(24)9-12/h3-9,11H,10H2,1-2H3,(H,27,31)(H,25,26,29). The fourth-order valence-corrected chi connectivity index (χ4v) is 4.15. The first-order valence-corrected chi connectivity index (χ1v) is 10.6. The van der Waals surface area contributed by atoms with E-state index >= 15 is 0 Å². The second kappa shape index (κ2) is 8.58. The van der Waals surface area contributed by atoms with Gasteiger partial charge in [-0.1, -0.05) is 12.1 Å². The highest BCUT2D eigenvalue weighted by atomic mass is 32.1. The number of amides is 4. The second-order valence-electron chi connectivity index (χ2n) is 7.39. The Morgan fingerprint density at radius 3 is 2.61 bits per heavy atom. The van der Waals surface area contributed by atoms with Gasteiger partial charge < -0.3 is 15.4 Å². The van der Waals surface area contributed by atoms with Crippen LogP contribution in [0.4, 0.5) is 18.7 Å². The fraction of sp³-hybridized carbons (Fsp3) is 0.182. The number of methoxy groups -OCH3 is 1. The molecule has 0 radical (unpaired) electrons. The van der Waals surface area contributed by atoms with Crippen molar-refractivity contribution in [1.82, 2.24) is 15.2 Å². The van der Waals surface area contributed by atoms with Gasteiger partial charge in [-0.2, -0.15) is 0 Å². The lowest BCUT2D eigenvalue weighted by molar-refractivity contribution is -0.133. The summed E-state index contributed by atoms with van der Waals surface area (Å²) in [4.78, 5) is 42.8. The van der Waals surface area contributed by atoms with Crippen LogP contribution in [-0.4, -0.2) is 41.4 Å². The van der Waals surface area contributed by atoms with E-state index in [2.05, 4.69) is 15.6 Å². The molecule has 4 rings (SSSR count). The number of halogens is 2. The van der Waals surface area contributed by atoms with E-state index in [0.29, 0.717) is 16.8 Å². The van der Waals surface area contributed by atoms with Crippen LogP contribution in [0, 0.1) is 11.6 Å². The number of nitrogens with one attached hydrogen (secondary N) is 2. The molecule has 3 aromatic rings. The largest absolute Gasteiger partial charge is 0.494 e. The van der Waals surface area contributed by atoms with Gasteiger partial charge in [0.05, 0.1) is 12.8 Å². The summed E-state index contributed by atoms with van der Waals surface area (Å²) in [5.41, 5.74) is -0.0934. The van der Waals surface area contributed by atoms with Gasteiger partial charge in [-0.3, -0.25) is 14.5 Å². The highest BCUT2D eigenvalue weighted by Gasteiger charge is 2.49. The molecule has 0 bridgehead atoms. The number of hydrogen-bond acceptors (Lipinski definition) is 6. The molecule has 0 saturated carbocycles. The van der Waals surface area contributed by atoms with Crippen molar-refractivity contribution in [3.63, 3.8) is 0 Å². The van der Waals surface area contributed by atoms with Crippen molar-refractivity contribution < 1.29 is 27.9 Å². The van der Waals surface area contributed by atoms with Crippen molar-refractivity contribution in [2.45, 2.75) is 12.5 Å². The van der Waals surface area contributed by atoms with Crippen LogP contribution in [-0.2, 0) is 15.1 Å². The quantitative estimate of drug-likeness (QED) is 0.535. The highest BCUT2D eigenvalue weighted by Crippen LogP contribution is 2.30. The number of hydrogen-bond donors (Lipinski definition) is 2. The summed E-state index contributed by atoms with van der Waals surface area (Å²) in [5, 5.41) is 6.95. The topological polar surface area (TPSA) is 101 Å². The third-order valence-electron chi connectivity index (χ3n) is 5.20. The van der Waals surface area contributed by atoms with Crippen molar-refractivity contribution in [2.24, 2.45) is 0 Å². The monoisotopic (exact) mass is 472 g/mol. The summed E-state index contributed by atoms with van der Waals surface area (Å²) < 4.78 is 32.1. The van der Waals surface area contributed by atoms with Crippen LogP contribution < -0.4 is 15.4 Å². The summed E-state index contributed by atoms with van der Waals surface area (Å²) >= 11 is 1.11. The third kappa shape index (κ3) is 4.27. The van der Waals surface area contributed by atoms with Crippen LogP contribution in [0.5, 0.6) is 5.75 Å². The first-order valence-electron chi connectivity index (χ1n) is 9.70. The lowest BCUT2D eigenvalue weighted by Gasteiger charge is -2.22. The molecule has 0 aliphatic carbocycles. The number of urea groups is 1. The number of benzene rings is 2. The Kier molecular flexibility index (Phi) is 5.81. The summed E-state index contributed by atoms with van der Waals surface area (Å²) in [6.45, 7) is 0.951. The summed E-state index contributed by atoms with van der Waals surface area (Å²) in [5.74, 6) is -2.19. The average Bonchev–Trinajstić information content (AvgIpc) is 3.33. The minimum absolute atomic E-state index is 0.101. The van der Waals surface area contributed by atoms with E-state index in [1.54, 1.807) is 11.4 Å². The summed E-state index contributed by atoms with van der Waals surface area (Å²) in [6, 6.07) is 8.80. The molecule has 170 valence electrons. The van der Waals surface area contributed by atoms with Crippen molar-refractivity contribution >= 4 is 34.3 Å². The predicted octanol–water partition coefficient (Wildman–Crippen LogP) is 3.50. The van der Waals surface area contributed by atoms with Gasteiger partial charge in [-0.15, -0.1) is 11.3 Å². The number of thiazole rings is 1. The molecule has 0 spiro atoms. The van der Waals surface area contributed by atoms with E-state index < -0.39 is 41.6 Å². The van der Waals surface area contributed by atoms with Crippen LogP contribution >= 0.6 is 11.3 Å². The summed E-state index contributed by atoms with van der Waals surface area (Å²) in [7, 11) is 1.36.